The van der Waals surface area contributed by atoms with Gasteiger partial charge in [-0.1, -0.05) is 45.9 Å². The van der Waals surface area contributed by atoms with E-state index in [4.69, 9.17) is 18.9 Å². The highest BCUT2D eigenvalue weighted by molar-refractivity contribution is 7.13. The Hall–Kier alpha value is -5.29. The Morgan fingerprint density at radius 1 is 1.00 bits per heavy atom. The normalized spacial score (nSPS) is 29.8. The van der Waals surface area contributed by atoms with Crippen LogP contribution in [0.2, 0.25) is 0 Å². The molecule has 0 aliphatic carbocycles. The minimum absolute atomic E-state index is 0.0377. The SMILES string of the molecule is COC1/C=C/OC2(C)Oc3c(C)c(O)c4c(O)c(c(/C=N/c5nccs5)c(O)c4c3C2=O)NC(=O)C(C)=C/C=C/C(C)C(O)C(C)C(O)C(C)C(OC(C)=O)C1C. The van der Waals surface area contributed by atoms with Crippen molar-refractivity contribution in [2.24, 2.45) is 28.7 Å². The van der Waals surface area contributed by atoms with E-state index in [2.05, 4.69) is 15.3 Å². The summed E-state index contributed by atoms with van der Waals surface area (Å²) < 4.78 is 23.5. The molecule has 0 fully saturated rings. The molecule has 3 aromatic rings. The fourth-order valence-electron chi connectivity index (χ4n) is 7.27. The number of ether oxygens (including phenoxy) is 4. The summed E-state index contributed by atoms with van der Waals surface area (Å²) in [6.45, 7) is 12.4. The first-order chi connectivity index (χ1) is 26.8. The number of amides is 1. The molecule has 15 nitrogen and oxygen atoms in total. The lowest BCUT2D eigenvalue weighted by atomic mass is 9.78. The minimum Gasteiger partial charge on any atom is -0.507 e. The number of allylic oxidation sites excluding steroid dienone is 2. The Balaban J connectivity index is 1.72. The highest BCUT2D eigenvalue weighted by atomic mass is 32.1. The van der Waals surface area contributed by atoms with Crippen LogP contribution in [0.4, 0.5) is 10.8 Å². The number of phenolic OH excluding ortho intramolecular Hbond substituents is 3. The quantitative estimate of drug-likeness (QED) is 0.0775. The standard InChI is InChI=1S/C41H49N3O12S/c1-18-11-10-12-19(2)39(52)44-30-25(17-43-40-42-14-16-57-40)34(49)27-28(35(30)50)33(48)23(6)37-29(27)38(51)41(8,56-37)54-15-13-26(53-9)20(3)36(55-24(7)45)22(5)32(47)21(4)31(18)46/h10-18,20-22,26,31-32,36,46-50H,1-9H3,(H,44,52)/b11-10+,15-13+,19-12?,43-17+. The molecule has 0 spiro atoms. The number of rotatable bonds is 4. The van der Waals surface area contributed by atoms with Crippen LogP contribution in [0.5, 0.6) is 23.0 Å². The van der Waals surface area contributed by atoms with Crippen LogP contribution < -0.4 is 10.1 Å². The zero-order chi connectivity index (χ0) is 42.1. The molecule has 0 saturated heterocycles. The number of hydrogen-bond acceptors (Lipinski definition) is 15. The molecule has 1 amide bonds. The van der Waals surface area contributed by atoms with Crippen LogP contribution in [0.1, 0.15) is 70.0 Å². The van der Waals surface area contributed by atoms with E-state index in [1.807, 2.05) is 0 Å². The Morgan fingerprint density at radius 2 is 1.70 bits per heavy atom. The van der Waals surface area contributed by atoms with Crippen molar-refractivity contribution in [1.29, 1.82) is 0 Å². The molecule has 16 heteroatoms. The van der Waals surface area contributed by atoms with Gasteiger partial charge >= 0.3 is 11.8 Å². The van der Waals surface area contributed by atoms with Gasteiger partial charge in [-0.25, -0.2) is 9.98 Å². The van der Waals surface area contributed by atoms with Gasteiger partial charge < -0.3 is 49.8 Å². The average molecular weight is 808 g/mol. The van der Waals surface area contributed by atoms with Crippen molar-refractivity contribution < 1.29 is 58.9 Å². The van der Waals surface area contributed by atoms with Crippen LogP contribution in [0.3, 0.4) is 0 Å². The first kappa shape index (κ1) is 42.8. The van der Waals surface area contributed by atoms with Crippen molar-refractivity contribution >= 4 is 56.8 Å². The van der Waals surface area contributed by atoms with E-state index in [1.165, 1.54) is 77.0 Å². The van der Waals surface area contributed by atoms with Crippen molar-refractivity contribution in [3.05, 3.63) is 64.4 Å². The van der Waals surface area contributed by atoms with Crippen LogP contribution in [0, 0.1) is 30.6 Å². The number of phenols is 3. The number of fused-ring (bicyclic) bond motifs is 14. The second-order valence-corrected chi connectivity index (χ2v) is 15.6. The second kappa shape index (κ2) is 17.1. The summed E-state index contributed by atoms with van der Waals surface area (Å²) >= 11 is 1.18. The average Bonchev–Trinajstić information content (AvgIpc) is 3.79. The maximum Gasteiger partial charge on any atom is 0.312 e. The summed E-state index contributed by atoms with van der Waals surface area (Å²) in [6.07, 6.45) is 6.15. The fourth-order valence-corrected chi connectivity index (χ4v) is 7.75. The molecule has 9 unspecified atom stereocenters. The zero-order valence-electron chi connectivity index (χ0n) is 33.1. The lowest BCUT2D eigenvalue weighted by molar-refractivity contribution is -0.160. The fraction of sp³-hybridized carbons (Fsp3) is 0.439. The third-order valence-corrected chi connectivity index (χ3v) is 11.4. The third kappa shape index (κ3) is 8.26. The van der Waals surface area contributed by atoms with Gasteiger partial charge in [-0.3, -0.25) is 14.4 Å². The number of aliphatic hydroxyl groups is 2. The number of aliphatic imine (C=N–C) groups is 1. The van der Waals surface area contributed by atoms with Crippen molar-refractivity contribution in [2.45, 2.75) is 85.6 Å². The Labute approximate surface area is 334 Å². The summed E-state index contributed by atoms with van der Waals surface area (Å²) in [5.41, 5.74) is -0.536. The van der Waals surface area contributed by atoms with Gasteiger partial charge in [0, 0.05) is 78.9 Å². The highest BCUT2D eigenvalue weighted by Crippen LogP contribution is 2.55. The van der Waals surface area contributed by atoms with Gasteiger partial charge in [0.25, 0.3) is 11.7 Å². The van der Waals surface area contributed by atoms with Crippen molar-refractivity contribution in [3.8, 4) is 23.0 Å². The van der Waals surface area contributed by atoms with E-state index >= 15 is 0 Å². The molecule has 9 atom stereocenters. The van der Waals surface area contributed by atoms with Crippen LogP contribution in [-0.2, 0) is 23.8 Å². The number of aromatic nitrogens is 1. The number of aromatic hydroxyl groups is 3. The number of anilines is 1. The largest absolute Gasteiger partial charge is 0.507 e. The molecule has 0 saturated carbocycles. The van der Waals surface area contributed by atoms with Crippen molar-refractivity contribution in [1.82, 2.24) is 4.98 Å². The van der Waals surface area contributed by atoms with Gasteiger partial charge in [0.2, 0.25) is 5.13 Å². The number of carbonyl (C=O) groups excluding carboxylic acids is 3. The van der Waals surface area contributed by atoms with Crippen molar-refractivity contribution in [2.75, 3.05) is 12.4 Å². The van der Waals surface area contributed by atoms with Crippen LogP contribution in [-0.4, -0.2) is 91.7 Å². The molecular weight excluding hydrogens is 759 g/mol. The number of nitrogens with one attached hydrogen (secondary N) is 1. The predicted octanol–water partition coefficient (Wildman–Crippen LogP) is 5.96. The highest BCUT2D eigenvalue weighted by Gasteiger charge is 2.50. The number of esters is 1. The van der Waals surface area contributed by atoms with Crippen molar-refractivity contribution in [3.63, 3.8) is 0 Å². The first-order valence-electron chi connectivity index (χ1n) is 18.4. The lowest BCUT2D eigenvalue weighted by Crippen LogP contribution is -2.46. The number of hydrogen-bond donors (Lipinski definition) is 6. The summed E-state index contributed by atoms with van der Waals surface area (Å²) in [5.74, 6) is -8.57. The molecule has 57 heavy (non-hydrogen) atoms. The summed E-state index contributed by atoms with van der Waals surface area (Å²) in [6, 6.07) is 0. The molecule has 1 aromatic heterocycles. The lowest BCUT2D eigenvalue weighted by Gasteiger charge is -2.38. The van der Waals surface area contributed by atoms with E-state index in [9.17, 15) is 39.9 Å². The van der Waals surface area contributed by atoms with Gasteiger partial charge in [0.15, 0.2) is 5.75 Å². The summed E-state index contributed by atoms with van der Waals surface area (Å²) in [5, 5.41) is 62.0. The van der Waals surface area contributed by atoms with Crippen LogP contribution in [0.25, 0.3) is 10.8 Å². The van der Waals surface area contributed by atoms with E-state index < -0.39 is 88.8 Å². The number of Topliss-reactive ketones (excluding diaryl/α,β-unsaturated/α-hetero) is 1. The second-order valence-electron chi connectivity index (χ2n) is 14.7. The van der Waals surface area contributed by atoms with Gasteiger partial charge in [-0.05, 0) is 19.9 Å². The molecule has 0 radical (unpaired) electrons. The van der Waals surface area contributed by atoms with Gasteiger partial charge in [0.05, 0.1) is 46.8 Å². The molecule has 3 aliphatic heterocycles. The molecule has 5 bridgehead atoms. The molecular formula is C41H49N3O12S. The molecule has 4 heterocycles. The molecule has 306 valence electrons. The molecule has 6 rings (SSSR count). The van der Waals surface area contributed by atoms with E-state index in [0.29, 0.717) is 0 Å². The Kier molecular flexibility index (Phi) is 12.8. The number of thiazole rings is 1. The van der Waals surface area contributed by atoms with Crippen LogP contribution >= 0.6 is 11.3 Å². The summed E-state index contributed by atoms with van der Waals surface area (Å²) in [4.78, 5) is 48.7. The Bertz CT molecular complexity index is 2160. The monoisotopic (exact) mass is 807 g/mol. The molecule has 3 aliphatic rings. The predicted molar refractivity (Wildman–Crippen MR) is 213 cm³/mol. The number of methoxy groups -OCH3 is 1. The van der Waals surface area contributed by atoms with E-state index in [-0.39, 0.29) is 49.6 Å². The number of carbonyl (C=O) groups is 3. The first-order valence-corrected chi connectivity index (χ1v) is 19.2. The number of ketones is 1. The van der Waals surface area contributed by atoms with Gasteiger partial charge in [-0.15, -0.1) is 11.3 Å². The van der Waals surface area contributed by atoms with Gasteiger partial charge in [0.1, 0.15) is 23.4 Å². The van der Waals surface area contributed by atoms with Crippen LogP contribution in [0.15, 0.2) is 52.7 Å². The topological polar surface area (TPSA) is 227 Å². The van der Waals surface area contributed by atoms with E-state index in [1.54, 1.807) is 45.2 Å². The smallest absolute Gasteiger partial charge is 0.312 e. The number of aliphatic hydroxyl groups excluding tert-OH is 2. The molecule has 6 N–H and O–H groups in total. The Morgan fingerprint density at radius 3 is 2.33 bits per heavy atom. The molecule has 2 aromatic carbocycles. The van der Waals surface area contributed by atoms with Gasteiger partial charge in [-0.2, -0.15) is 0 Å². The maximum atomic E-state index is 14.3. The summed E-state index contributed by atoms with van der Waals surface area (Å²) in [7, 11) is 1.43. The maximum absolute atomic E-state index is 14.3. The number of nitrogens with zero attached hydrogens (tertiary/aromatic N) is 2. The number of benzene rings is 2. The third-order valence-electron chi connectivity index (χ3n) is 10.8. The zero-order valence-corrected chi connectivity index (χ0v) is 34.0. The minimum atomic E-state index is -2.06. The van der Waals surface area contributed by atoms with E-state index in [0.717, 1.165) is 0 Å².